The van der Waals surface area contributed by atoms with E-state index < -0.39 is 17.3 Å². The largest absolute Gasteiger partial charge is 0.393 e. The van der Waals surface area contributed by atoms with E-state index in [2.05, 4.69) is 41.5 Å². The summed E-state index contributed by atoms with van der Waals surface area (Å²) in [6, 6.07) is 0. The molecule has 0 spiro atoms. The van der Waals surface area contributed by atoms with Crippen LogP contribution in [0.1, 0.15) is 113 Å². The lowest BCUT2D eigenvalue weighted by Gasteiger charge is -2.61. The number of rotatable bonds is 2. The molecule has 8 atom stereocenters. The molecular weight excluding hydrogens is 424 g/mol. The summed E-state index contributed by atoms with van der Waals surface area (Å²) in [5.74, 6) is 0.912. The van der Waals surface area contributed by atoms with Crippen LogP contribution in [0.3, 0.4) is 0 Å². The second-order valence-corrected chi connectivity index (χ2v) is 14.7. The summed E-state index contributed by atoms with van der Waals surface area (Å²) in [6.45, 7) is 17.5. The Kier molecular flexibility index (Phi) is 5.28. The Morgan fingerprint density at radius 3 is 2.21 bits per heavy atom. The molecule has 0 aromatic rings. The van der Waals surface area contributed by atoms with Crippen molar-refractivity contribution in [3.63, 3.8) is 0 Å². The standard InChI is InChI=1S/C30H48O4/c1-25(2)21-10-9-19-18(27(21,5)14-12-22(25)32)11-15-28(6)24(20(31)17-29(19,28)7)30(8)16-13-23(34-30)26(3,4)33/h20-21,23-24,31,33H,9-17H2,1-8H3/t20-,21?,23?,24?,27+,28+,29-,30-/m0/s1. The molecule has 5 rings (SSSR count). The molecule has 5 aliphatic rings. The average Bonchev–Trinajstić information content (AvgIpc) is 3.20. The molecule has 0 radical (unpaired) electrons. The van der Waals surface area contributed by atoms with E-state index in [1.165, 1.54) is 0 Å². The maximum Gasteiger partial charge on any atom is 0.138 e. The highest BCUT2D eigenvalue weighted by molar-refractivity contribution is 5.85. The number of carbonyl (C=O) groups is 1. The first-order chi connectivity index (χ1) is 15.5. The smallest absolute Gasteiger partial charge is 0.138 e. The Morgan fingerprint density at radius 2 is 1.59 bits per heavy atom. The van der Waals surface area contributed by atoms with Crippen molar-refractivity contribution in [2.24, 2.45) is 33.5 Å². The van der Waals surface area contributed by atoms with Crippen LogP contribution in [-0.2, 0) is 9.53 Å². The van der Waals surface area contributed by atoms with Crippen LogP contribution in [0, 0.1) is 33.5 Å². The lowest BCUT2D eigenvalue weighted by atomic mass is 9.43. The molecule has 4 nitrogen and oxygen atoms in total. The molecule has 2 saturated carbocycles. The zero-order valence-corrected chi connectivity index (χ0v) is 22.9. The molecule has 0 amide bonds. The van der Waals surface area contributed by atoms with Gasteiger partial charge >= 0.3 is 0 Å². The van der Waals surface area contributed by atoms with E-state index in [9.17, 15) is 15.0 Å². The van der Waals surface area contributed by atoms with Crippen LogP contribution in [0.25, 0.3) is 0 Å². The van der Waals surface area contributed by atoms with Crippen molar-refractivity contribution in [1.82, 2.24) is 0 Å². The zero-order valence-electron chi connectivity index (χ0n) is 22.9. The molecule has 192 valence electrons. The molecule has 2 N–H and O–H groups in total. The molecule has 3 unspecified atom stereocenters. The molecule has 1 saturated heterocycles. The average molecular weight is 473 g/mol. The molecule has 34 heavy (non-hydrogen) atoms. The van der Waals surface area contributed by atoms with E-state index >= 15 is 0 Å². The molecular formula is C30H48O4. The summed E-state index contributed by atoms with van der Waals surface area (Å²) in [5, 5.41) is 22.3. The predicted octanol–water partition coefficient (Wildman–Crippen LogP) is 5.98. The minimum absolute atomic E-state index is 0.0440. The van der Waals surface area contributed by atoms with E-state index in [0.717, 1.165) is 51.4 Å². The molecule has 1 heterocycles. The fourth-order valence-electron chi connectivity index (χ4n) is 10.2. The maximum atomic E-state index is 12.9. The van der Waals surface area contributed by atoms with Crippen LogP contribution in [-0.4, -0.2) is 39.4 Å². The maximum absolute atomic E-state index is 12.9. The normalized spacial score (nSPS) is 50.7. The summed E-state index contributed by atoms with van der Waals surface area (Å²) in [4.78, 5) is 12.9. The first kappa shape index (κ1) is 25.0. The van der Waals surface area contributed by atoms with Gasteiger partial charge in [-0.15, -0.1) is 0 Å². The third-order valence-corrected chi connectivity index (χ3v) is 12.2. The van der Waals surface area contributed by atoms with Crippen LogP contribution >= 0.6 is 0 Å². The van der Waals surface area contributed by atoms with Crippen LogP contribution in [0.2, 0.25) is 0 Å². The van der Waals surface area contributed by atoms with Gasteiger partial charge in [0.05, 0.1) is 23.4 Å². The van der Waals surface area contributed by atoms with E-state index in [1.807, 2.05) is 13.8 Å². The number of allylic oxidation sites excluding steroid dienone is 2. The van der Waals surface area contributed by atoms with Crippen molar-refractivity contribution in [2.75, 3.05) is 0 Å². The van der Waals surface area contributed by atoms with Gasteiger partial charge in [-0.1, -0.05) is 45.8 Å². The van der Waals surface area contributed by atoms with Gasteiger partial charge < -0.3 is 14.9 Å². The number of aliphatic hydroxyl groups is 2. The Balaban J connectivity index is 1.54. The Labute approximate surface area is 206 Å². The third-order valence-electron chi connectivity index (χ3n) is 12.2. The topological polar surface area (TPSA) is 66.8 Å². The van der Waals surface area contributed by atoms with Gasteiger partial charge in [-0.2, -0.15) is 0 Å². The Bertz CT molecular complexity index is 927. The highest BCUT2D eigenvalue weighted by Crippen LogP contribution is 2.73. The number of hydrogen-bond donors (Lipinski definition) is 2. The summed E-state index contributed by atoms with van der Waals surface area (Å²) in [5.41, 5.74) is 1.69. The Hall–Kier alpha value is -0.710. The monoisotopic (exact) mass is 472 g/mol. The fourth-order valence-corrected chi connectivity index (χ4v) is 10.2. The van der Waals surface area contributed by atoms with Crippen molar-refractivity contribution in [3.05, 3.63) is 11.1 Å². The number of carbonyl (C=O) groups excluding carboxylic acids is 1. The SMILES string of the molecule is CC(C)(O)C1CC[C@@](C)(C2[C@@H](O)C[C@@]3(C)C4=C(CC[C@]23C)[C@@]2(C)CCC(=O)C(C)(C)C2CC4)O1. The van der Waals surface area contributed by atoms with Crippen LogP contribution in [0.4, 0.5) is 0 Å². The van der Waals surface area contributed by atoms with Crippen LogP contribution in [0.5, 0.6) is 0 Å². The number of fused-ring (bicyclic) bond motifs is 4. The molecule has 1 aliphatic heterocycles. The number of ketones is 1. The molecule has 0 aromatic heterocycles. The van der Waals surface area contributed by atoms with E-state index in [0.29, 0.717) is 18.1 Å². The van der Waals surface area contributed by atoms with Gasteiger partial charge in [-0.3, -0.25) is 4.79 Å². The van der Waals surface area contributed by atoms with Crippen molar-refractivity contribution in [2.45, 2.75) is 137 Å². The number of Topliss-reactive ketones (excluding diaryl/α,β-unsaturated/α-hetero) is 1. The van der Waals surface area contributed by atoms with Crippen molar-refractivity contribution in [3.8, 4) is 0 Å². The van der Waals surface area contributed by atoms with Crippen molar-refractivity contribution >= 4 is 5.78 Å². The van der Waals surface area contributed by atoms with E-state index in [1.54, 1.807) is 11.1 Å². The minimum Gasteiger partial charge on any atom is -0.393 e. The van der Waals surface area contributed by atoms with Gasteiger partial charge in [0.2, 0.25) is 0 Å². The van der Waals surface area contributed by atoms with E-state index in [4.69, 9.17) is 4.74 Å². The van der Waals surface area contributed by atoms with Crippen LogP contribution < -0.4 is 0 Å². The number of ether oxygens (including phenoxy) is 1. The lowest BCUT2D eigenvalue weighted by Crippen LogP contribution is -2.55. The lowest BCUT2D eigenvalue weighted by molar-refractivity contribution is -0.170. The summed E-state index contributed by atoms with van der Waals surface area (Å²) in [7, 11) is 0. The summed E-state index contributed by atoms with van der Waals surface area (Å²) < 4.78 is 6.64. The fraction of sp³-hybridized carbons (Fsp3) is 0.900. The second kappa shape index (κ2) is 7.19. The molecule has 0 aromatic carbocycles. The van der Waals surface area contributed by atoms with Gasteiger partial charge in [0.1, 0.15) is 5.78 Å². The highest BCUT2D eigenvalue weighted by Gasteiger charge is 2.69. The molecule has 4 heteroatoms. The first-order valence-corrected chi connectivity index (χ1v) is 13.9. The molecule has 0 bridgehead atoms. The van der Waals surface area contributed by atoms with Gasteiger partial charge in [0.25, 0.3) is 0 Å². The van der Waals surface area contributed by atoms with Crippen molar-refractivity contribution in [1.29, 1.82) is 0 Å². The number of hydrogen-bond acceptors (Lipinski definition) is 4. The van der Waals surface area contributed by atoms with Gasteiger partial charge in [-0.05, 0) is 94.3 Å². The van der Waals surface area contributed by atoms with E-state index in [-0.39, 0.29) is 33.7 Å². The molecule has 4 aliphatic carbocycles. The summed E-state index contributed by atoms with van der Waals surface area (Å²) >= 11 is 0. The predicted molar refractivity (Wildman–Crippen MR) is 134 cm³/mol. The van der Waals surface area contributed by atoms with Crippen LogP contribution in [0.15, 0.2) is 11.1 Å². The highest BCUT2D eigenvalue weighted by atomic mass is 16.5. The van der Waals surface area contributed by atoms with Gasteiger partial charge in [0.15, 0.2) is 0 Å². The Morgan fingerprint density at radius 1 is 0.912 bits per heavy atom. The minimum atomic E-state index is -0.869. The number of aliphatic hydroxyl groups excluding tert-OH is 1. The third kappa shape index (κ3) is 3.03. The second-order valence-electron chi connectivity index (χ2n) is 14.7. The zero-order chi connectivity index (χ0) is 25.1. The van der Waals surface area contributed by atoms with Crippen molar-refractivity contribution < 1.29 is 19.7 Å². The molecule has 3 fully saturated rings. The first-order valence-electron chi connectivity index (χ1n) is 13.9. The van der Waals surface area contributed by atoms with Gasteiger partial charge in [0, 0.05) is 17.8 Å². The van der Waals surface area contributed by atoms with Gasteiger partial charge in [-0.25, -0.2) is 0 Å². The summed E-state index contributed by atoms with van der Waals surface area (Å²) in [6.07, 6.45) is 7.88. The quantitative estimate of drug-likeness (QED) is 0.485.